The summed E-state index contributed by atoms with van der Waals surface area (Å²) in [6.45, 7) is 5.91. The molecule has 0 bridgehead atoms. The second-order valence-corrected chi connectivity index (χ2v) is 3.08. The van der Waals surface area contributed by atoms with Crippen molar-refractivity contribution in [2.24, 2.45) is 5.11 Å². The summed E-state index contributed by atoms with van der Waals surface area (Å²) in [5.74, 6) is 0.514. The van der Waals surface area contributed by atoms with Gasteiger partial charge < -0.3 is 0 Å². The van der Waals surface area contributed by atoms with Gasteiger partial charge in [0, 0.05) is 16.3 Å². The summed E-state index contributed by atoms with van der Waals surface area (Å²) < 4.78 is 0. The van der Waals surface area contributed by atoms with E-state index >= 15 is 0 Å². The first-order valence-corrected chi connectivity index (χ1v) is 4.04. The van der Waals surface area contributed by atoms with E-state index in [1.165, 1.54) is 0 Å². The molecule has 0 saturated heterocycles. The van der Waals surface area contributed by atoms with Gasteiger partial charge in [0.1, 0.15) is 0 Å². The standard InChI is InChI=1S/C8H11N5/c1-5(2)7-4-6(3)10-8(11-7)12-13-9/h4-5H,1-3H3. The molecule has 0 N–H and O–H groups in total. The predicted octanol–water partition coefficient (Wildman–Crippen LogP) is 2.85. The van der Waals surface area contributed by atoms with E-state index in [1.807, 2.05) is 26.8 Å². The molecule has 0 saturated carbocycles. The van der Waals surface area contributed by atoms with Crippen LogP contribution in [0.4, 0.5) is 5.95 Å². The SMILES string of the molecule is Cc1cc(C(C)C)nc(N=[N+]=[N-])n1. The van der Waals surface area contributed by atoms with Crippen LogP contribution >= 0.6 is 0 Å². The average Bonchev–Trinajstić information content (AvgIpc) is 2.03. The van der Waals surface area contributed by atoms with Crippen molar-refractivity contribution in [3.8, 4) is 0 Å². The lowest BCUT2D eigenvalue weighted by Gasteiger charge is -2.05. The number of aromatic nitrogens is 2. The molecule has 0 aliphatic rings. The van der Waals surface area contributed by atoms with Crippen LogP contribution in [-0.2, 0) is 0 Å². The van der Waals surface area contributed by atoms with Gasteiger partial charge in [-0.15, -0.1) is 0 Å². The molecule has 5 heteroatoms. The topological polar surface area (TPSA) is 74.5 Å². The summed E-state index contributed by atoms with van der Waals surface area (Å²) in [6, 6.07) is 1.89. The zero-order valence-electron chi connectivity index (χ0n) is 7.89. The minimum Gasteiger partial charge on any atom is -0.232 e. The molecular weight excluding hydrogens is 166 g/mol. The second kappa shape index (κ2) is 3.87. The number of nitrogens with zero attached hydrogens (tertiary/aromatic N) is 5. The molecule has 0 atom stereocenters. The minimum atomic E-state index is 0.200. The first-order chi connectivity index (χ1) is 6.13. The Morgan fingerprint density at radius 3 is 2.69 bits per heavy atom. The second-order valence-electron chi connectivity index (χ2n) is 3.08. The van der Waals surface area contributed by atoms with Gasteiger partial charge in [0.15, 0.2) is 0 Å². The van der Waals surface area contributed by atoms with Crippen molar-refractivity contribution in [3.05, 3.63) is 27.9 Å². The van der Waals surface area contributed by atoms with Gasteiger partial charge in [-0.05, 0) is 29.6 Å². The largest absolute Gasteiger partial charge is 0.232 e. The Morgan fingerprint density at radius 1 is 1.46 bits per heavy atom. The van der Waals surface area contributed by atoms with E-state index in [4.69, 9.17) is 5.53 Å². The zero-order valence-corrected chi connectivity index (χ0v) is 7.89. The lowest BCUT2D eigenvalue weighted by Crippen LogP contribution is -1.95. The molecule has 0 aliphatic carbocycles. The van der Waals surface area contributed by atoms with Gasteiger partial charge in [-0.3, -0.25) is 0 Å². The molecule has 68 valence electrons. The highest BCUT2D eigenvalue weighted by molar-refractivity contribution is 5.22. The molecular formula is C8H11N5. The maximum atomic E-state index is 8.22. The maximum absolute atomic E-state index is 8.22. The number of azide groups is 1. The average molecular weight is 177 g/mol. The van der Waals surface area contributed by atoms with Crippen LogP contribution in [-0.4, -0.2) is 9.97 Å². The number of rotatable bonds is 2. The number of hydrogen-bond donors (Lipinski definition) is 0. The molecule has 1 aromatic heterocycles. The first kappa shape index (κ1) is 9.48. The molecule has 0 unspecified atom stereocenters. The molecule has 0 aromatic carbocycles. The molecule has 13 heavy (non-hydrogen) atoms. The van der Waals surface area contributed by atoms with Crippen LogP contribution in [0.25, 0.3) is 10.4 Å². The third-order valence-electron chi connectivity index (χ3n) is 1.59. The van der Waals surface area contributed by atoms with Crippen molar-refractivity contribution in [2.45, 2.75) is 26.7 Å². The lowest BCUT2D eigenvalue weighted by molar-refractivity contribution is 0.809. The van der Waals surface area contributed by atoms with Gasteiger partial charge in [-0.25, -0.2) is 9.97 Å². The van der Waals surface area contributed by atoms with Crippen LogP contribution in [0, 0.1) is 6.92 Å². The van der Waals surface area contributed by atoms with Crippen LogP contribution in [0.2, 0.25) is 0 Å². The summed E-state index contributed by atoms with van der Waals surface area (Å²) in [7, 11) is 0. The third kappa shape index (κ3) is 2.42. The van der Waals surface area contributed by atoms with Gasteiger partial charge in [-0.1, -0.05) is 13.8 Å². The molecule has 0 fully saturated rings. The molecule has 1 rings (SSSR count). The van der Waals surface area contributed by atoms with Crippen molar-refractivity contribution < 1.29 is 0 Å². The lowest BCUT2D eigenvalue weighted by atomic mass is 10.1. The van der Waals surface area contributed by atoms with E-state index < -0.39 is 0 Å². The van der Waals surface area contributed by atoms with E-state index in [-0.39, 0.29) is 5.95 Å². The molecule has 1 aromatic rings. The predicted molar refractivity (Wildman–Crippen MR) is 49.7 cm³/mol. The summed E-state index contributed by atoms with van der Waals surface area (Å²) in [6.07, 6.45) is 0. The van der Waals surface area contributed by atoms with Crippen LogP contribution in [0.3, 0.4) is 0 Å². The van der Waals surface area contributed by atoms with Gasteiger partial charge >= 0.3 is 0 Å². The summed E-state index contributed by atoms with van der Waals surface area (Å²) in [5.41, 5.74) is 9.94. The first-order valence-electron chi connectivity index (χ1n) is 4.04. The Kier molecular flexibility index (Phi) is 2.82. The fourth-order valence-corrected chi connectivity index (χ4v) is 0.957. The quantitative estimate of drug-likeness (QED) is 0.395. The van der Waals surface area contributed by atoms with E-state index in [0.29, 0.717) is 5.92 Å². The van der Waals surface area contributed by atoms with E-state index in [1.54, 1.807) is 0 Å². The molecule has 0 aliphatic heterocycles. The Balaban J connectivity index is 3.18. The molecule has 1 heterocycles. The highest BCUT2D eigenvalue weighted by atomic mass is 15.2. The highest BCUT2D eigenvalue weighted by Gasteiger charge is 2.03. The van der Waals surface area contributed by atoms with Crippen molar-refractivity contribution >= 4 is 5.95 Å². The molecule has 0 spiro atoms. The van der Waals surface area contributed by atoms with E-state index in [2.05, 4.69) is 20.0 Å². The van der Waals surface area contributed by atoms with Crippen LogP contribution in [0.5, 0.6) is 0 Å². The Hall–Kier alpha value is -1.61. The van der Waals surface area contributed by atoms with Crippen LogP contribution in [0.15, 0.2) is 11.2 Å². The highest BCUT2D eigenvalue weighted by Crippen LogP contribution is 2.15. The van der Waals surface area contributed by atoms with Crippen molar-refractivity contribution in [1.82, 2.24) is 9.97 Å². The smallest absolute Gasteiger partial charge is 0.216 e. The third-order valence-corrected chi connectivity index (χ3v) is 1.59. The normalized spacial score (nSPS) is 9.85. The van der Waals surface area contributed by atoms with Gasteiger partial charge in [0.05, 0.1) is 0 Å². The fraction of sp³-hybridized carbons (Fsp3) is 0.500. The fourth-order valence-electron chi connectivity index (χ4n) is 0.957. The van der Waals surface area contributed by atoms with E-state index in [9.17, 15) is 0 Å². The Bertz CT molecular complexity index is 352. The monoisotopic (exact) mass is 177 g/mol. The summed E-state index contributed by atoms with van der Waals surface area (Å²) in [4.78, 5) is 10.7. The molecule has 5 nitrogen and oxygen atoms in total. The van der Waals surface area contributed by atoms with Crippen molar-refractivity contribution in [3.63, 3.8) is 0 Å². The molecule has 0 amide bonds. The van der Waals surface area contributed by atoms with Crippen molar-refractivity contribution in [2.75, 3.05) is 0 Å². The minimum absolute atomic E-state index is 0.200. The summed E-state index contributed by atoms with van der Waals surface area (Å²) >= 11 is 0. The van der Waals surface area contributed by atoms with Crippen LogP contribution < -0.4 is 0 Å². The van der Waals surface area contributed by atoms with Gasteiger partial charge in [0.25, 0.3) is 0 Å². The van der Waals surface area contributed by atoms with Gasteiger partial charge in [-0.2, -0.15) is 0 Å². The maximum Gasteiger partial charge on any atom is 0.216 e. The van der Waals surface area contributed by atoms with Crippen molar-refractivity contribution in [1.29, 1.82) is 0 Å². The van der Waals surface area contributed by atoms with Crippen LogP contribution in [0.1, 0.15) is 31.2 Å². The Labute approximate surface area is 76.5 Å². The number of aryl methyl sites for hydroxylation is 1. The zero-order chi connectivity index (χ0) is 9.84. The molecule has 0 radical (unpaired) electrons. The summed E-state index contributed by atoms with van der Waals surface area (Å²) in [5, 5.41) is 3.37. The number of hydrogen-bond acceptors (Lipinski definition) is 3. The van der Waals surface area contributed by atoms with E-state index in [0.717, 1.165) is 11.4 Å². The van der Waals surface area contributed by atoms with Gasteiger partial charge in [0.2, 0.25) is 5.95 Å². The Morgan fingerprint density at radius 2 is 2.15 bits per heavy atom.